The molecule has 1 unspecified atom stereocenters. The maximum Gasteiger partial charge on any atom is 0.276 e. The highest BCUT2D eigenvalue weighted by Crippen LogP contribution is 2.37. The van der Waals surface area contributed by atoms with Crippen molar-refractivity contribution in [2.24, 2.45) is 5.41 Å². The van der Waals surface area contributed by atoms with Crippen LogP contribution in [0.15, 0.2) is 42.7 Å². The van der Waals surface area contributed by atoms with E-state index >= 15 is 4.39 Å². The topological polar surface area (TPSA) is 87.6 Å². The van der Waals surface area contributed by atoms with Crippen molar-refractivity contribution in [1.82, 2.24) is 25.3 Å². The van der Waals surface area contributed by atoms with Crippen LogP contribution in [0.4, 0.5) is 10.1 Å². The summed E-state index contributed by atoms with van der Waals surface area (Å²) in [5.41, 5.74) is 2.62. The minimum Gasteiger partial charge on any atom is -0.318 e. The molecular formula is C23H27FN6O. The second-order valence-electron chi connectivity index (χ2n) is 9.48. The first kappa shape index (κ1) is 19.9. The molecule has 1 aliphatic heterocycles. The van der Waals surface area contributed by atoms with Crippen molar-refractivity contribution in [3.8, 4) is 0 Å². The van der Waals surface area contributed by atoms with Crippen LogP contribution in [0.1, 0.15) is 53.6 Å². The highest BCUT2D eigenvalue weighted by Gasteiger charge is 2.47. The number of rotatable bonds is 5. The molecule has 0 spiro atoms. The molecule has 31 heavy (non-hydrogen) atoms. The minimum absolute atomic E-state index is 0.208. The first-order chi connectivity index (χ1) is 14.8. The molecule has 8 heteroatoms. The lowest BCUT2D eigenvalue weighted by Gasteiger charge is -2.41. The van der Waals surface area contributed by atoms with Crippen LogP contribution in [0.5, 0.6) is 0 Å². The smallest absolute Gasteiger partial charge is 0.276 e. The summed E-state index contributed by atoms with van der Waals surface area (Å²) in [6.45, 7) is 4.99. The number of nitrogens with one attached hydrogen (secondary N) is 3. The molecule has 0 bridgehead atoms. The summed E-state index contributed by atoms with van der Waals surface area (Å²) in [6.07, 6.45) is 5.98. The molecule has 2 aliphatic rings. The first-order valence-electron chi connectivity index (χ1n) is 10.7. The zero-order chi connectivity index (χ0) is 21.6. The average molecular weight is 423 g/mol. The molecule has 1 amide bonds. The fourth-order valence-electron chi connectivity index (χ4n) is 4.65. The Morgan fingerprint density at radius 3 is 2.74 bits per heavy atom. The number of H-pyrrole nitrogens is 1. The minimum atomic E-state index is -1.43. The Labute approximate surface area is 180 Å². The van der Waals surface area contributed by atoms with Gasteiger partial charge in [0.1, 0.15) is 6.04 Å². The van der Waals surface area contributed by atoms with Gasteiger partial charge < -0.3 is 10.6 Å². The van der Waals surface area contributed by atoms with Crippen LogP contribution in [0, 0.1) is 5.41 Å². The van der Waals surface area contributed by atoms with Gasteiger partial charge in [0.05, 0.1) is 11.9 Å². The number of aromatic nitrogens is 4. The fourth-order valence-corrected chi connectivity index (χ4v) is 4.65. The number of hydrogen-bond donors (Lipinski definition) is 3. The molecule has 1 saturated heterocycles. The van der Waals surface area contributed by atoms with Crippen LogP contribution in [-0.2, 0) is 12.8 Å². The largest absolute Gasteiger partial charge is 0.318 e. The maximum absolute atomic E-state index is 15.5. The number of aromatic amines is 1. The average Bonchev–Trinajstić information content (AvgIpc) is 3.33. The predicted molar refractivity (Wildman–Crippen MR) is 116 cm³/mol. The lowest BCUT2D eigenvalue weighted by Crippen LogP contribution is -2.61. The Kier molecular flexibility index (Phi) is 4.69. The fraction of sp³-hybridized carbons (Fsp3) is 0.435. The number of hydrogen-bond acceptors (Lipinski definition) is 4. The van der Waals surface area contributed by atoms with E-state index < -0.39 is 11.7 Å². The highest BCUT2D eigenvalue weighted by atomic mass is 19.1. The Balaban J connectivity index is 1.37. The van der Waals surface area contributed by atoms with Crippen molar-refractivity contribution in [2.75, 3.05) is 18.4 Å². The second-order valence-corrected chi connectivity index (χ2v) is 9.48. The van der Waals surface area contributed by atoms with E-state index in [1.807, 2.05) is 30.3 Å². The van der Waals surface area contributed by atoms with Crippen LogP contribution >= 0.6 is 0 Å². The van der Waals surface area contributed by atoms with Gasteiger partial charge in [-0.3, -0.25) is 14.6 Å². The number of benzene rings is 1. The molecule has 1 atom stereocenters. The lowest BCUT2D eigenvalue weighted by atomic mass is 9.76. The highest BCUT2D eigenvalue weighted by molar-refractivity contribution is 6.03. The van der Waals surface area contributed by atoms with Gasteiger partial charge in [-0.2, -0.15) is 10.2 Å². The number of anilines is 1. The van der Waals surface area contributed by atoms with E-state index in [1.165, 1.54) is 0 Å². The normalized spacial score (nSPS) is 19.8. The van der Waals surface area contributed by atoms with Gasteiger partial charge in [-0.15, -0.1) is 0 Å². The molecule has 0 radical (unpaired) electrons. The number of carbonyl (C=O) groups excluding carboxylic acids is 1. The van der Waals surface area contributed by atoms with Crippen molar-refractivity contribution >= 4 is 11.6 Å². The third-order valence-electron chi connectivity index (χ3n) is 6.44. The molecule has 1 fully saturated rings. The van der Waals surface area contributed by atoms with E-state index in [4.69, 9.17) is 0 Å². The van der Waals surface area contributed by atoms with E-state index in [2.05, 4.69) is 39.8 Å². The molecule has 3 aromatic rings. The third kappa shape index (κ3) is 3.65. The van der Waals surface area contributed by atoms with Crippen LogP contribution < -0.4 is 10.6 Å². The maximum atomic E-state index is 15.5. The van der Waals surface area contributed by atoms with Crippen molar-refractivity contribution < 1.29 is 9.18 Å². The van der Waals surface area contributed by atoms with E-state index in [0.29, 0.717) is 11.4 Å². The summed E-state index contributed by atoms with van der Waals surface area (Å²) in [6, 6.07) is 8.94. The van der Waals surface area contributed by atoms with E-state index in [9.17, 15) is 4.79 Å². The number of nitrogens with zero attached hydrogens (tertiary/aromatic N) is 3. The third-order valence-corrected chi connectivity index (χ3v) is 6.44. The van der Waals surface area contributed by atoms with E-state index in [-0.39, 0.29) is 24.4 Å². The van der Waals surface area contributed by atoms with E-state index in [1.54, 1.807) is 17.1 Å². The number of amides is 1. The van der Waals surface area contributed by atoms with Crippen molar-refractivity contribution in [1.29, 1.82) is 0 Å². The van der Waals surface area contributed by atoms with Crippen molar-refractivity contribution in [2.45, 2.75) is 44.8 Å². The van der Waals surface area contributed by atoms with Gasteiger partial charge in [-0.05, 0) is 30.2 Å². The molecule has 3 N–H and O–H groups in total. The van der Waals surface area contributed by atoms with Gasteiger partial charge >= 0.3 is 0 Å². The monoisotopic (exact) mass is 422 g/mol. The molecule has 5 rings (SSSR count). The Morgan fingerprint density at radius 2 is 2.03 bits per heavy atom. The number of alkyl halides is 1. The van der Waals surface area contributed by atoms with Gasteiger partial charge in [-0.25, -0.2) is 4.39 Å². The van der Waals surface area contributed by atoms with Crippen LogP contribution in [0.3, 0.4) is 0 Å². The summed E-state index contributed by atoms with van der Waals surface area (Å²) in [7, 11) is 0. The van der Waals surface area contributed by atoms with Crippen molar-refractivity contribution in [3.05, 3.63) is 65.2 Å². The number of carbonyl (C=O) groups is 1. The molecular weight excluding hydrogens is 395 g/mol. The molecule has 162 valence electrons. The predicted octanol–water partition coefficient (Wildman–Crippen LogP) is 3.27. The molecule has 1 aromatic carbocycles. The summed E-state index contributed by atoms with van der Waals surface area (Å²) in [4.78, 5) is 12.9. The zero-order valence-corrected chi connectivity index (χ0v) is 17.8. The standard InChI is InChI=1S/C23H27FN6O/c1-22(2)9-8-17-18(10-22)28-29-19(17)21(31)27-16-11-26-30(12-16)20(23(24)13-25-14-23)15-6-4-3-5-7-15/h3-7,11-12,20,25H,8-10,13-14H2,1-2H3,(H,27,31)(H,28,29). The Hall–Kier alpha value is -3.00. The van der Waals surface area contributed by atoms with Gasteiger partial charge in [-0.1, -0.05) is 44.2 Å². The Morgan fingerprint density at radius 1 is 1.26 bits per heavy atom. The van der Waals surface area contributed by atoms with Gasteiger partial charge in [0.2, 0.25) is 0 Å². The number of fused-ring (bicyclic) bond motifs is 1. The lowest BCUT2D eigenvalue weighted by molar-refractivity contribution is 0.0417. The molecule has 1 aliphatic carbocycles. The van der Waals surface area contributed by atoms with Gasteiger partial charge in [0.25, 0.3) is 5.91 Å². The zero-order valence-electron chi connectivity index (χ0n) is 17.8. The molecule has 7 nitrogen and oxygen atoms in total. The van der Waals surface area contributed by atoms with Gasteiger partial charge in [0, 0.05) is 30.5 Å². The first-order valence-corrected chi connectivity index (χ1v) is 10.7. The molecule has 0 saturated carbocycles. The van der Waals surface area contributed by atoms with E-state index in [0.717, 1.165) is 36.1 Å². The summed E-state index contributed by atoms with van der Waals surface area (Å²) < 4.78 is 17.1. The summed E-state index contributed by atoms with van der Waals surface area (Å²) in [5, 5.41) is 17.6. The quantitative estimate of drug-likeness (QED) is 0.589. The van der Waals surface area contributed by atoms with Gasteiger partial charge in [0.15, 0.2) is 11.4 Å². The van der Waals surface area contributed by atoms with Crippen LogP contribution in [0.2, 0.25) is 0 Å². The second kappa shape index (κ2) is 7.30. The van der Waals surface area contributed by atoms with Crippen molar-refractivity contribution in [3.63, 3.8) is 0 Å². The van der Waals surface area contributed by atoms with Crippen LogP contribution in [0.25, 0.3) is 0 Å². The number of halogens is 1. The Bertz CT molecular complexity index is 1100. The SMILES string of the molecule is CC1(C)CCc2c(C(=O)Nc3cnn(C(c4ccccc4)C4(F)CNC4)c3)n[nH]c2C1. The van der Waals surface area contributed by atoms with Crippen LogP contribution in [-0.4, -0.2) is 44.6 Å². The molecule has 3 heterocycles. The summed E-state index contributed by atoms with van der Waals surface area (Å²) >= 11 is 0. The summed E-state index contributed by atoms with van der Waals surface area (Å²) in [5.74, 6) is -0.270. The molecule has 2 aromatic heterocycles.